The summed E-state index contributed by atoms with van der Waals surface area (Å²) in [4.78, 5) is 23.0. The van der Waals surface area contributed by atoms with Crippen LogP contribution in [0, 0.1) is 0 Å². The Balaban J connectivity index is 2.44. The molecular formula is C16H22BrNO3. The number of amides is 1. The van der Waals surface area contributed by atoms with Crippen molar-refractivity contribution in [3.63, 3.8) is 0 Å². The molecule has 0 saturated carbocycles. The number of hydrogen-bond acceptors (Lipinski definition) is 2. The molecule has 0 heterocycles. The maximum atomic E-state index is 11.9. The number of aromatic carboxylic acids is 1. The molecule has 0 aliphatic rings. The minimum Gasteiger partial charge on any atom is -0.478 e. The van der Waals surface area contributed by atoms with E-state index < -0.39 is 5.97 Å². The number of nitrogens with one attached hydrogen (secondary N) is 1. The normalized spacial score (nSPS) is 10.4. The van der Waals surface area contributed by atoms with Gasteiger partial charge in [0.2, 0.25) is 5.91 Å². The first-order chi connectivity index (χ1) is 10.0. The third-order valence-corrected chi connectivity index (χ3v) is 3.74. The lowest BCUT2D eigenvalue weighted by molar-refractivity contribution is -0.116. The van der Waals surface area contributed by atoms with Gasteiger partial charge in [-0.15, -0.1) is 0 Å². The molecule has 21 heavy (non-hydrogen) atoms. The highest BCUT2D eigenvalue weighted by molar-refractivity contribution is 9.10. The summed E-state index contributed by atoms with van der Waals surface area (Å²) in [5.41, 5.74) is 0.447. The fraction of sp³-hybridized carbons (Fsp3) is 0.500. The molecule has 0 saturated heterocycles. The molecule has 0 fully saturated rings. The molecule has 1 aromatic rings. The summed E-state index contributed by atoms with van der Waals surface area (Å²) < 4.78 is 0.738. The zero-order valence-electron chi connectivity index (χ0n) is 12.3. The Bertz CT molecular complexity index is 488. The molecule has 4 nitrogen and oxygen atoms in total. The smallest absolute Gasteiger partial charge is 0.337 e. The molecule has 0 radical (unpaired) electrons. The molecule has 0 aliphatic carbocycles. The maximum Gasteiger partial charge on any atom is 0.337 e. The van der Waals surface area contributed by atoms with Gasteiger partial charge in [-0.25, -0.2) is 4.79 Å². The van der Waals surface area contributed by atoms with E-state index in [2.05, 4.69) is 28.2 Å². The third kappa shape index (κ3) is 6.76. The van der Waals surface area contributed by atoms with E-state index >= 15 is 0 Å². The Morgan fingerprint density at radius 2 is 1.81 bits per heavy atom. The molecule has 1 rings (SSSR count). The Morgan fingerprint density at radius 3 is 2.48 bits per heavy atom. The summed E-state index contributed by atoms with van der Waals surface area (Å²) in [5, 5.41) is 11.8. The van der Waals surface area contributed by atoms with Crippen molar-refractivity contribution < 1.29 is 14.7 Å². The molecule has 1 amide bonds. The molecule has 0 aromatic heterocycles. The fourth-order valence-corrected chi connectivity index (χ4v) is 2.45. The van der Waals surface area contributed by atoms with E-state index in [9.17, 15) is 9.59 Å². The number of hydrogen-bond donors (Lipinski definition) is 2. The second-order valence-corrected chi connectivity index (χ2v) is 5.98. The van der Waals surface area contributed by atoms with Crippen molar-refractivity contribution in [2.45, 2.75) is 51.9 Å². The number of carbonyl (C=O) groups excluding carboxylic acids is 1. The van der Waals surface area contributed by atoms with Crippen LogP contribution in [0.2, 0.25) is 0 Å². The zero-order chi connectivity index (χ0) is 15.7. The highest BCUT2D eigenvalue weighted by Gasteiger charge is 2.12. The van der Waals surface area contributed by atoms with Crippen molar-refractivity contribution in [2.75, 3.05) is 5.32 Å². The largest absolute Gasteiger partial charge is 0.478 e. The Hall–Kier alpha value is -1.36. The monoisotopic (exact) mass is 355 g/mol. The quantitative estimate of drug-likeness (QED) is 0.623. The molecule has 0 atom stereocenters. The topological polar surface area (TPSA) is 66.4 Å². The van der Waals surface area contributed by atoms with E-state index in [0.29, 0.717) is 12.1 Å². The van der Waals surface area contributed by atoms with Crippen LogP contribution in [0.1, 0.15) is 62.2 Å². The number of carboxylic acids is 1. The van der Waals surface area contributed by atoms with E-state index in [1.54, 1.807) is 12.1 Å². The van der Waals surface area contributed by atoms with Gasteiger partial charge in [-0.2, -0.15) is 0 Å². The van der Waals surface area contributed by atoms with Gasteiger partial charge in [-0.3, -0.25) is 4.79 Å². The summed E-state index contributed by atoms with van der Waals surface area (Å²) in [6.45, 7) is 2.17. The third-order valence-electron chi connectivity index (χ3n) is 3.24. The van der Waals surface area contributed by atoms with Gasteiger partial charge in [0, 0.05) is 10.9 Å². The maximum absolute atomic E-state index is 11.9. The minimum atomic E-state index is -1.04. The van der Waals surface area contributed by atoms with Crippen molar-refractivity contribution in [2.24, 2.45) is 0 Å². The summed E-state index contributed by atoms with van der Waals surface area (Å²) >= 11 is 3.28. The average Bonchev–Trinajstić information content (AvgIpc) is 2.42. The predicted octanol–water partition coefficient (Wildman–Crippen LogP) is 4.84. The molecule has 1 aromatic carbocycles. The lowest BCUT2D eigenvalue weighted by Crippen LogP contribution is -2.14. The first-order valence-electron chi connectivity index (χ1n) is 7.37. The van der Waals surface area contributed by atoms with Gasteiger partial charge in [0.05, 0.1) is 11.3 Å². The average molecular weight is 356 g/mol. The van der Waals surface area contributed by atoms with Crippen LogP contribution in [0.15, 0.2) is 22.7 Å². The van der Waals surface area contributed by atoms with Crippen LogP contribution in [-0.4, -0.2) is 17.0 Å². The van der Waals surface area contributed by atoms with E-state index in [-0.39, 0.29) is 11.5 Å². The molecule has 0 bridgehead atoms. The summed E-state index contributed by atoms with van der Waals surface area (Å²) in [7, 11) is 0. The van der Waals surface area contributed by atoms with Crippen LogP contribution < -0.4 is 5.32 Å². The van der Waals surface area contributed by atoms with Crippen molar-refractivity contribution >= 4 is 33.5 Å². The van der Waals surface area contributed by atoms with Crippen LogP contribution >= 0.6 is 15.9 Å². The molecule has 0 spiro atoms. The van der Waals surface area contributed by atoms with E-state index in [4.69, 9.17) is 5.11 Å². The number of carbonyl (C=O) groups is 2. The van der Waals surface area contributed by atoms with Crippen molar-refractivity contribution in [3.05, 3.63) is 28.2 Å². The highest BCUT2D eigenvalue weighted by Crippen LogP contribution is 2.22. The molecule has 116 valence electrons. The number of unbranched alkanes of at least 4 members (excludes halogenated alkanes) is 5. The number of carboxylic acid groups (broad SMARTS) is 1. The van der Waals surface area contributed by atoms with Crippen LogP contribution in [0.4, 0.5) is 5.69 Å². The van der Waals surface area contributed by atoms with E-state index in [1.807, 2.05) is 0 Å². The Kier molecular flexibility index (Phi) is 8.05. The van der Waals surface area contributed by atoms with Crippen LogP contribution in [-0.2, 0) is 4.79 Å². The lowest BCUT2D eigenvalue weighted by atomic mass is 10.1. The molecule has 2 N–H and O–H groups in total. The zero-order valence-corrected chi connectivity index (χ0v) is 13.9. The summed E-state index contributed by atoms with van der Waals surface area (Å²) in [5.74, 6) is -1.18. The summed E-state index contributed by atoms with van der Waals surface area (Å²) in [6, 6.07) is 4.74. The molecule has 0 unspecified atom stereocenters. The molecular weight excluding hydrogens is 334 g/mol. The van der Waals surface area contributed by atoms with Gasteiger partial charge >= 0.3 is 5.97 Å². The van der Waals surface area contributed by atoms with E-state index in [1.165, 1.54) is 25.3 Å². The van der Waals surface area contributed by atoms with Crippen LogP contribution in [0.5, 0.6) is 0 Å². The van der Waals surface area contributed by atoms with Gasteiger partial charge in [-0.1, -0.05) is 55.0 Å². The van der Waals surface area contributed by atoms with Crippen LogP contribution in [0.25, 0.3) is 0 Å². The second kappa shape index (κ2) is 9.55. The Labute approximate surface area is 134 Å². The number of benzene rings is 1. The van der Waals surface area contributed by atoms with Crippen molar-refractivity contribution in [3.8, 4) is 0 Å². The first kappa shape index (κ1) is 17.7. The van der Waals surface area contributed by atoms with Crippen molar-refractivity contribution in [1.82, 2.24) is 0 Å². The van der Waals surface area contributed by atoms with Gasteiger partial charge in [0.15, 0.2) is 0 Å². The molecule has 0 aliphatic heterocycles. The van der Waals surface area contributed by atoms with Gasteiger partial charge in [0.25, 0.3) is 0 Å². The fourth-order valence-electron chi connectivity index (χ4n) is 2.08. The minimum absolute atomic E-state index is 0.106. The molecule has 5 heteroatoms. The van der Waals surface area contributed by atoms with Gasteiger partial charge in [-0.05, 0) is 24.6 Å². The standard InChI is InChI=1S/C16H22BrNO3/c1-2-3-4-5-6-7-8-15(19)18-14-11-12(17)9-10-13(14)16(20)21/h9-11H,2-8H2,1H3,(H,18,19)(H,20,21). The highest BCUT2D eigenvalue weighted by atomic mass is 79.9. The number of halogens is 1. The SMILES string of the molecule is CCCCCCCCC(=O)Nc1cc(Br)ccc1C(=O)O. The first-order valence-corrected chi connectivity index (χ1v) is 8.16. The van der Waals surface area contributed by atoms with Gasteiger partial charge < -0.3 is 10.4 Å². The van der Waals surface area contributed by atoms with Crippen LogP contribution in [0.3, 0.4) is 0 Å². The van der Waals surface area contributed by atoms with E-state index in [0.717, 1.165) is 23.7 Å². The van der Waals surface area contributed by atoms with Gasteiger partial charge in [0.1, 0.15) is 0 Å². The Morgan fingerprint density at radius 1 is 1.14 bits per heavy atom. The predicted molar refractivity (Wildman–Crippen MR) is 87.7 cm³/mol. The summed E-state index contributed by atoms with van der Waals surface area (Å²) in [6.07, 6.45) is 7.13. The second-order valence-electron chi connectivity index (χ2n) is 5.06. The lowest BCUT2D eigenvalue weighted by Gasteiger charge is -2.09. The van der Waals surface area contributed by atoms with Crippen molar-refractivity contribution in [1.29, 1.82) is 0 Å². The number of rotatable bonds is 9. The number of anilines is 1.